The maximum absolute atomic E-state index is 11.8. The quantitative estimate of drug-likeness (QED) is 0.275. The Hall–Kier alpha value is -1.22. The van der Waals surface area contributed by atoms with Gasteiger partial charge in [-0.3, -0.25) is 14.9 Å². The first-order valence-corrected chi connectivity index (χ1v) is 10.8. The lowest BCUT2D eigenvalue weighted by Crippen LogP contribution is -2.23. The highest BCUT2D eigenvalue weighted by molar-refractivity contribution is 6.48. The molecule has 2 N–H and O–H groups in total. The Kier molecular flexibility index (Phi) is 10.6. The fraction of sp³-hybridized carbons (Fsp3) is 0.750. The van der Waals surface area contributed by atoms with E-state index in [1.165, 1.54) is 0 Å². The van der Waals surface area contributed by atoms with Gasteiger partial charge in [0.15, 0.2) is 5.76 Å². The van der Waals surface area contributed by atoms with Crippen LogP contribution in [0.4, 0.5) is 0 Å². The van der Waals surface area contributed by atoms with Gasteiger partial charge in [0.05, 0.1) is 18.8 Å². The maximum Gasteiger partial charge on any atom is 0.293 e. The van der Waals surface area contributed by atoms with Crippen LogP contribution in [0.3, 0.4) is 0 Å². The molecule has 0 atom stereocenters. The number of hydrogen-bond acceptors (Lipinski definition) is 6. The summed E-state index contributed by atoms with van der Waals surface area (Å²) in [6.45, 7) is 6.33. The third-order valence-electron chi connectivity index (χ3n) is 3.35. The van der Waals surface area contributed by atoms with E-state index in [0.29, 0.717) is 44.7 Å². The zero-order valence-corrected chi connectivity index (χ0v) is 15.6. The molecule has 7 nitrogen and oxygen atoms in total. The first kappa shape index (κ1) is 20.8. The molecule has 1 rings (SSSR count). The lowest BCUT2D eigenvalue weighted by atomic mass is 10.2. The van der Waals surface area contributed by atoms with Gasteiger partial charge in [-0.05, 0) is 38.8 Å². The zero-order valence-electron chi connectivity index (χ0n) is 14.6. The van der Waals surface area contributed by atoms with Crippen molar-refractivity contribution >= 4 is 20.9 Å². The number of nitrogens with one attached hydrogen (secondary N) is 1. The Morgan fingerprint density at radius 2 is 1.67 bits per heavy atom. The van der Waals surface area contributed by atoms with Crippen LogP contribution in [0.1, 0.15) is 32.1 Å². The normalized spacial score (nSPS) is 14.7. The number of ether oxygens (including phenoxy) is 2. The highest BCUT2D eigenvalue weighted by atomic mass is 28.3. The molecule has 0 saturated carbocycles. The molecule has 0 unspecified atom stereocenters. The van der Waals surface area contributed by atoms with Crippen LogP contribution in [-0.2, 0) is 23.5 Å². The Bertz CT molecular complexity index is 438. The Morgan fingerprint density at radius 1 is 0.958 bits per heavy atom. The summed E-state index contributed by atoms with van der Waals surface area (Å²) in [6, 6.07) is 0. The molecule has 0 saturated heterocycles. The standard InChI is InChI=1S/C16H28NO6Si/c1-24(2)23-11-6-5-9-21-12-7-13-14(16(20)17-15(13)19)22-10-4-3-8-18/h18H,3-12H2,1-2H3,(H,17,19,20). The van der Waals surface area contributed by atoms with Crippen molar-refractivity contribution in [1.29, 1.82) is 0 Å². The van der Waals surface area contributed by atoms with Crippen molar-refractivity contribution in [2.24, 2.45) is 0 Å². The summed E-state index contributed by atoms with van der Waals surface area (Å²) in [5, 5.41) is 11.0. The average Bonchev–Trinajstić information content (AvgIpc) is 2.80. The van der Waals surface area contributed by atoms with Crippen molar-refractivity contribution in [1.82, 2.24) is 5.32 Å². The van der Waals surface area contributed by atoms with Gasteiger partial charge in [-0.15, -0.1) is 0 Å². The molecule has 0 aromatic rings. The second-order valence-corrected chi connectivity index (χ2v) is 7.80. The maximum atomic E-state index is 11.8. The van der Waals surface area contributed by atoms with Gasteiger partial charge < -0.3 is 19.0 Å². The minimum Gasteiger partial charge on any atom is -0.488 e. The molecule has 0 aromatic heterocycles. The van der Waals surface area contributed by atoms with E-state index in [2.05, 4.69) is 18.4 Å². The monoisotopic (exact) mass is 358 g/mol. The molecule has 0 spiro atoms. The SMILES string of the molecule is C[Si](C)OCCCCOCCC1=C(OCCCCO)C(=O)NC1=O. The Balaban J connectivity index is 2.25. The highest BCUT2D eigenvalue weighted by Gasteiger charge is 2.31. The van der Waals surface area contributed by atoms with E-state index < -0.39 is 20.9 Å². The molecule has 2 amide bonds. The molecule has 0 fully saturated rings. The number of rotatable bonds is 14. The molecule has 0 bridgehead atoms. The van der Waals surface area contributed by atoms with E-state index in [4.69, 9.17) is 19.0 Å². The first-order chi connectivity index (χ1) is 11.6. The molecule has 0 aromatic carbocycles. The number of amides is 2. The molecule has 137 valence electrons. The van der Waals surface area contributed by atoms with Crippen molar-refractivity contribution in [2.75, 3.05) is 33.0 Å². The van der Waals surface area contributed by atoms with Crippen LogP contribution < -0.4 is 5.32 Å². The van der Waals surface area contributed by atoms with Gasteiger partial charge in [-0.2, -0.15) is 0 Å². The van der Waals surface area contributed by atoms with E-state index in [1.54, 1.807) is 0 Å². The predicted octanol–water partition coefficient (Wildman–Crippen LogP) is 1.14. The summed E-state index contributed by atoms with van der Waals surface area (Å²) < 4.78 is 16.5. The predicted molar refractivity (Wildman–Crippen MR) is 90.6 cm³/mol. The molecule has 24 heavy (non-hydrogen) atoms. The Labute approximate surface area is 145 Å². The number of imide groups is 1. The fourth-order valence-corrected chi connectivity index (χ4v) is 2.65. The van der Waals surface area contributed by atoms with Crippen LogP contribution >= 0.6 is 0 Å². The molecular weight excluding hydrogens is 330 g/mol. The van der Waals surface area contributed by atoms with Gasteiger partial charge in [0.25, 0.3) is 11.8 Å². The van der Waals surface area contributed by atoms with Gasteiger partial charge in [0.2, 0.25) is 9.04 Å². The van der Waals surface area contributed by atoms with Gasteiger partial charge >= 0.3 is 0 Å². The lowest BCUT2D eigenvalue weighted by molar-refractivity contribution is -0.125. The van der Waals surface area contributed by atoms with E-state index in [1.807, 2.05) is 0 Å². The largest absolute Gasteiger partial charge is 0.488 e. The summed E-state index contributed by atoms with van der Waals surface area (Å²) in [5.41, 5.74) is 0.344. The van der Waals surface area contributed by atoms with Crippen LogP contribution in [0.15, 0.2) is 11.3 Å². The van der Waals surface area contributed by atoms with Crippen molar-refractivity contribution in [3.8, 4) is 0 Å². The van der Waals surface area contributed by atoms with E-state index >= 15 is 0 Å². The molecule has 1 heterocycles. The van der Waals surface area contributed by atoms with Gasteiger partial charge in [0.1, 0.15) is 0 Å². The Morgan fingerprint density at radius 3 is 2.38 bits per heavy atom. The van der Waals surface area contributed by atoms with Crippen molar-refractivity contribution in [2.45, 2.75) is 45.2 Å². The van der Waals surface area contributed by atoms with E-state index in [9.17, 15) is 9.59 Å². The van der Waals surface area contributed by atoms with Crippen LogP contribution in [0.5, 0.6) is 0 Å². The topological polar surface area (TPSA) is 94.1 Å². The van der Waals surface area contributed by atoms with Crippen LogP contribution in [0.2, 0.25) is 13.1 Å². The molecule has 8 heteroatoms. The van der Waals surface area contributed by atoms with Crippen LogP contribution in [-0.4, -0.2) is 59.0 Å². The summed E-state index contributed by atoms with van der Waals surface area (Å²) in [7, 11) is -0.622. The van der Waals surface area contributed by atoms with Crippen molar-refractivity contribution in [3.63, 3.8) is 0 Å². The minimum atomic E-state index is -0.622. The summed E-state index contributed by atoms with van der Waals surface area (Å²) >= 11 is 0. The number of unbranched alkanes of at least 4 members (excludes halogenated alkanes) is 2. The summed E-state index contributed by atoms with van der Waals surface area (Å²) in [4.78, 5) is 23.5. The minimum absolute atomic E-state index is 0.0814. The van der Waals surface area contributed by atoms with Gasteiger partial charge in [-0.1, -0.05) is 0 Å². The molecule has 1 aliphatic heterocycles. The first-order valence-electron chi connectivity index (χ1n) is 8.39. The van der Waals surface area contributed by atoms with Crippen molar-refractivity contribution in [3.05, 3.63) is 11.3 Å². The molecule has 1 radical (unpaired) electrons. The third kappa shape index (κ3) is 8.05. The number of aliphatic hydroxyl groups excluding tert-OH is 1. The number of carbonyl (C=O) groups is 2. The van der Waals surface area contributed by atoms with Gasteiger partial charge in [-0.25, -0.2) is 0 Å². The molecular formula is C16H28NO6Si. The fourth-order valence-electron chi connectivity index (χ4n) is 2.10. The van der Waals surface area contributed by atoms with E-state index in [0.717, 1.165) is 19.4 Å². The van der Waals surface area contributed by atoms with Crippen molar-refractivity contribution < 1.29 is 28.6 Å². The average molecular weight is 358 g/mol. The highest BCUT2D eigenvalue weighted by Crippen LogP contribution is 2.18. The van der Waals surface area contributed by atoms with Gasteiger partial charge in [0, 0.05) is 26.2 Å². The summed E-state index contributed by atoms with van der Waals surface area (Å²) in [6.07, 6.45) is 3.44. The number of hydrogen-bond donors (Lipinski definition) is 2. The summed E-state index contributed by atoms with van der Waals surface area (Å²) in [5.74, 6) is -0.807. The number of aliphatic hydroxyl groups is 1. The second kappa shape index (κ2) is 12.2. The second-order valence-electron chi connectivity index (χ2n) is 5.70. The molecule has 1 aliphatic rings. The lowest BCUT2D eigenvalue weighted by Gasteiger charge is -2.08. The van der Waals surface area contributed by atoms with Crippen LogP contribution in [0.25, 0.3) is 0 Å². The zero-order chi connectivity index (χ0) is 17.8. The smallest absolute Gasteiger partial charge is 0.293 e. The van der Waals surface area contributed by atoms with E-state index in [-0.39, 0.29) is 12.4 Å². The third-order valence-corrected chi connectivity index (χ3v) is 4.13. The molecule has 0 aliphatic carbocycles. The van der Waals surface area contributed by atoms with Crippen LogP contribution in [0, 0.1) is 0 Å². The number of carbonyl (C=O) groups excluding carboxylic acids is 2.